The van der Waals surface area contributed by atoms with Crippen LogP contribution in [0.2, 0.25) is 0 Å². The molecule has 0 radical (unpaired) electrons. The van der Waals surface area contributed by atoms with Gasteiger partial charge in [-0.2, -0.15) is 0 Å². The summed E-state index contributed by atoms with van der Waals surface area (Å²) in [5.74, 6) is 0. The molecule has 0 saturated carbocycles. The van der Waals surface area contributed by atoms with Gasteiger partial charge in [-0.05, 0) is 25.8 Å². The van der Waals surface area contributed by atoms with E-state index in [-0.39, 0.29) is 0 Å². The molecule has 0 amide bonds. The van der Waals surface area contributed by atoms with Crippen molar-refractivity contribution in [2.45, 2.75) is 25.3 Å². The zero-order valence-electron chi connectivity index (χ0n) is 7.63. The molecule has 0 aromatic carbocycles. The molecule has 0 aromatic heterocycles. The quantitative estimate of drug-likeness (QED) is 0.616. The molecular weight excluding hydrogens is 148 g/mol. The monoisotopic (exact) mass is 166 g/mol. The van der Waals surface area contributed by atoms with E-state index in [1.165, 1.54) is 38.9 Å². The molecule has 1 saturated heterocycles. The van der Waals surface area contributed by atoms with Crippen molar-refractivity contribution in [1.82, 2.24) is 10.2 Å². The van der Waals surface area contributed by atoms with E-state index in [9.17, 15) is 0 Å². The van der Waals surface area contributed by atoms with Crippen LogP contribution in [0.25, 0.3) is 0 Å². The highest BCUT2D eigenvalue weighted by Crippen LogP contribution is 2.09. The number of nitrogens with zero attached hydrogens (tertiary/aromatic N) is 1. The lowest BCUT2D eigenvalue weighted by Gasteiger charge is -2.26. The highest BCUT2D eigenvalue weighted by molar-refractivity contribution is 4.92. The van der Waals surface area contributed by atoms with Crippen molar-refractivity contribution in [2.24, 2.45) is 0 Å². The first-order valence-corrected chi connectivity index (χ1v) is 5.06. The molecule has 12 heavy (non-hydrogen) atoms. The van der Waals surface area contributed by atoms with Gasteiger partial charge in [-0.15, -0.1) is 0 Å². The number of rotatable bonds is 2. The molecule has 1 N–H and O–H groups in total. The average Bonchev–Trinajstić information content (AvgIpc) is 2.59. The van der Waals surface area contributed by atoms with Gasteiger partial charge in [0.25, 0.3) is 0 Å². The second-order valence-corrected chi connectivity index (χ2v) is 3.81. The molecular formula is C10H18N2. The van der Waals surface area contributed by atoms with Gasteiger partial charge in [0.15, 0.2) is 0 Å². The Kier molecular flexibility index (Phi) is 2.79. The van der Waals surface area contributed by atoms with Crippen LogP contribution in [0.1, 0.15) is 19.3 Å². The smallest absolute Gasteiger partial charge is 0.0195 e. The second kappa shape index (κ2) is 4.06. The summed E-state index contributed by atoms with van der Waals surface area (Å²) < 4.78 is 0. The highest BCUT2D eigenvalue weighted by Gasteiger charge is 2.17. The van der Waals surface area contributed by atoms with Crippen LogP contribution in [-0.2, 0) is 0 Å². The van der Waals surface area contributed by atoms with Gasteiger partial charge >= 0.3 is 0 Å². The summed E-state index contributed by atoms with van der Waals surface area (Å²) in [5, 5.41) is 3.54. The topological polar surface area (TPSA) is 15.3 Å². The summed E-state index contributed by atoms with van der Waals surface area (Å²) in [7, 11) is 0. The minimum absolute atomic E-state index is 0.775. The fraction of sp³-hybridized carbons (Fsp3) is 0.800. The van der Waals surface area contributed by atoms with Crippen molar-refractivity contribution < 1.29 is 0 Å². The summed E-state index contributed by atoms with van der Waals surface area (Å²) in [5.41, 5.74) is 0. The third kappa shape index (κ3) is 2.08. The van der Waals surface area contributed by atoms with Crippen molar-refractivity contribution in [3.05, 3.63) is 12.2 Å². The van der Waals surface area contributed by atoms with E-state index in [0.29, 0.717) is 0 Å². The van der Waals surface area contributed by atoms with Crippen molar-refractivity contribution in [1.29, 1.82) is 0 Å². The normalized spacial score (nSPS) is 31.2. The van der Waals surface area contributed by atoms with Crippen molar-refractivity contribution in [2.75, 3.05) is 26.2 Å². The van der Waals surface area contributed by atoms with Crippen LogP contribution in [0.3, 0.4) is 0 Å². The lowest BCUT2D eigenvalue weighted by atomic mass is 10.2. The van der Waals surface area contributed by atoms with Crippen LogP contribution in [0.5, 0.6) is 0 Å². The van der Waals surface area contributed by atoms with E-state index in [4.69, 9.17) is 0 Å². The third-order valence-corrected chi connectivity index (χ3v) is 2.78. The lowest BCUT2D eigenvalue weighted by Crippen LogP contribution is -2.39. The summed E-state index contributed by atoms with van der Waals surface area (Å²) in [6.45, 7) is 4.91. The Morgan fingerprint density at radius 2 is 2.42 bits per heavy atom. The van der Waals surface area contributed by atoms with E-state index in [2.05, 4.69) is 22.4 Å². The van der Waals surface area contributed by atoms with Crippen LogP contribution in [-0.4, -0.2) is 37.1 Å². The van der Waals surface area contributed by atoms with E-state index in [1.54, 1.807) is 0 Å². The SMILES string of the molecule is C1=CCN(C[C@@H]2CCCN2)CC1. The van der Waals surface area contributed by atoms with Crippen LogP contribution >= 0.6 is 0 Å². The Labute approximate surface area is 74.6 Å². The largest absolute Gasteiger partial charge is 0.313 e. The first-order chi connectivity index (χ1) is 5.95. The Bertz CT molecular complexity index is 159. The first-order valence-electron chi connectivity index (χ1n) is 5.06. The van der Waals surface area contributed by atoms with Gasteiger partial charge in [-0.3, -0.25) is 4.90 Å². The fourth-order valence-corrected chi connectivity index (χ4v) is 2.08. The predicted octanol–water partition coefficient (Wildman–Crippen LogP) is 1.00. The number of hydrogen-bond donors (Lipinski definition) is 1. The molecule has 1 atom stereocenters. The molecule has 2 aliphatic heterocycles. The van der Waals surface area contributed by atoms with Crippen LogP contribution in [0.4, 0.5) is 0 Å². The van der Waals surface area contributed by atoms with Crippen LogP contribution in [0.15, 0.2) is 12.2 Å². The van der Waals surface area contributed by atoms with Crippen molar-refractivity contribution in [3.8, 4) is 0 Å². The predicted molar refractivity (Wildman–Crippen MR) is 51.2 cm³/mol. The Morgan fingerprint density at radius 1 is 1.42 bits per heavy atom. The van der Waals surface area contributed by atoms with Gasteiger partial charge in [0, 0.05) is 25.7 Å². The Hall–Kier alpha value is -0.340. The molecule has 0 aromatic rings. The maximum Gasteiger partial charge on any atom is 0.0195 e. The highest BCUT2D eigenvalue weighted by atomic mass is 15.2. The Balaban J connectivity index is 1.74. The first kappa shape index (κ1) is 8.27. The second-order valence-electron chi connectivity index (χ2n) is 3.81. The van der Waals surface area contributed by atoms with Crippen molar-refractivity contribution in [3.63, 3.8) is 0 Å². The van der Waals surface area contributed by atoms with Gasteiger partial charge < -0.3 is 5.32 Å². The fourth-order valence-electron chi connectivity index (χ4n) is 2.08. The lowest BCUT2D eigenvalue weighted by molar-refractivity contribution is 0.270. The van der Waals surface area contributed by atoms with E-state index >= 15 is 0 Å². The molecule has 2 rings (SSSR count). The molecule has 0 aliphatic carbocycles. The molecule has 2 heterocycles. The van der Waals surface area contributed by atoms with Crippen LogP contribution < -0.4 is 5.32 Å². The van der Waals surface area contributed by atoms with Gasteiger partial charge in [0.2, 0.25) is 0 Å². The minimum Gasteiger partial charge on any atom is -0.313 e. The van der Waals surface area contributed by atoms with Crippen molar-refractivity contribution >= 4 is 0 Å². The van der Waals surface area contributed by atoms with Gasteiger partial charge in [0.1, 0.15) is 0 Å². The molecule has 2 nitrogen and oxygen atoms in total. The molecule has 1 fully saturated rings. The molecule has 2 heteroatoms. The molecule has 0 unspecified atom stereocenters. The summed E-state index contributed by atoms with van der Waals surface area (Å²) >= 11 is 0. The van der Waals surface area contributed by atoms with Gasteiger partial charge in [-0.1, -0.05) is 12.2 Å². The van der Waals surface area contributed by atoms with Gasteiger partial charge in [0.05, 0.1) is 0 Å². The minimum atomic E-state index is 0.775. The average molecular weight is 166 g/mol. The van der Waals surface area contributed by atoms with Gasteiger partial charge in [-0.25, -0.2) is 0 Å². The summed E-state index contributed by atoms with van der Waals surface area (Å²) in [4.78, 5) is 2.54. The molecule has 0 bridgehead atoms. The van der Waals surface area contributed by atoms with Crippen LogP contribution in [0, 0.1) is 0 Å². The van der Waals surface area contributed by atoms with E-state index in [1.807, 2.05) is 0 Å². The maximum atomic E-state index is 3.54. The standard InChI is InChI=1S/C10H18N2/c1-2-7-12(8-3-1)9-10-5-4-6-11-10/h1-2,10-11H,3-9H2/t10-/m0/s1. The maximum absolute atomic E-state index is 3.54. The molecule has 2 aliphatic rings. The summed E-state index contributed by atoms with van der Waals surface area (Å²) in [6.07, 6.45) is 8.57. The van der Waals surface area contributed by atoms with E-state index in [0.717, 1.165) is 12.6 Å². The zero-order chi connectivity index (χ0) is 8.23. The summed E-state index contributed by atoms with van der Waals surface area (Å²) in [6, 6.07) is 0.775. The molecule has 0 spiro atoms. The van der Waals surface area contributed by atoms with E-state index < -0.39 is 0 Å². The number of nitrogens with one attached hydrogen (secondary N) is 1. The third-order valence-electron chi connectivity index (χ3n) is 2.78. The molecule has 68 valence electrons. The number of hydrogen-bond acceptors (Lipinski definition) is 2. The zero-order valence-corrected chi connectivity index (χ0v) is 7.63. The Morgan fingerprint density at radius 3 is 3.08 bits per heavy atom.